The average molecular weight is 359 g/mol. The van der Waals surface area contributed by atoms with Crippen LogP contribution in [0.25, 0.3) is 0 Å². The summed E-state index contributed by atoms with van der Waals surface area (Å²) < 4.78 is 21.5. The van der Waals surface area contributed by atoms with Crippen LogP contribution in [0.2, 0.25) is 0 Å². The van der Waals surface area contributed by atoms with Crippen molar-refractivity contribution >= 4 is 11.3 Å². The maximum Gasteiger partial charge on any atom is 0.250 e. The zero-order valence-corrected chi connectivity index (χ0v) is 14.4. The minimum Gasteiger partial charge on any atom is -0.475 e. The monoisotopic (exact) mass is 359 g/mol. The summed E-state index contributed by atoms with van der Waals surface area (Å²) in [6.45, 7) is 3.64. The number of aromatic nitrogens is 4. The fraction of sp³-hybridized carbons (Fsp3) is 0.353. The van der Waals surface area contributed by atoms with Crippen molar-refractivity contribution in [3.63, 3.8) is 0 Å². The highest BCUT2D eigenvalue weighted by molar-refractivity contribution is 7.09. The van der Waals surface area contributed by atoms with E-state index in [4.69, 9.17) is 4.74 Å². The number of rotatable bonds is 5. The minimum atomic E-state index is -0.431. The molecule has 1 atom stereocenters. The predicted molar refractivity (Wildman–Crippen MR) is 91.6 cm³/mol. The second-order valence-corrected chi connectivity index (χ2v) is 7.08. The van der Waals surface area contributed by atoms with Gasteiger partial charge in [0.15, 0.2) is 5.82 Å². The van der Waals surface area contributed by atoms with Crippen LogP contribution in [0.4, 0.5) is 4.39 Å². The van der Waals surface area contributed by atoms with E-state index in [2.05, 4.69) is 24.4 Å². The van der Waals surface area contributed by atoms with Crippen LogP contribution >= 0.6 is 11.3 Å². The molecule has 0 aromatic carbocycles. The van der Waals surface area contributed by atoms with Crippen LogP contribution in [0.15, 0.2) is 42.4 Å². The molecule has 0 unspecified atom stereocenters. The van der Waals surface area contributed by atoms with Gasteiger partial charge in [-0.25, -0.2) is 19.3 Å². The molecule has 6 nitrogen and oxygen atoms in total. The van der Waals surface area contributed by atoms with E-state index in [1.54, 1.807) is 17.4 Å². The van der Waals surface area contributed by atoms with Crippen molar-refractivity contribution in [1.82, 2.24) is 24.4 Å². The lowest BCUT2D eigenvalue weighted by molar-refractivity contribution is 0.161. The number of hydrogen-bond donors (Lipinski definition) is 0. The van der Waals surface area contributed by atoms with Gasteiger partial charge in [0.25, 0.3) is 0 Å². The van der Waals surface area contributed by atoms with Crippen molar-refractivity contribution in [3.8, 4) is 5.88 Å². The number of pyridine rings is 1. The summed E-state index contributed by atoms with van der Waals surface area (Å²) in [6.07, 6.45) is 7.11. The molecule has 0 radical (unpaired) electrons. The number of hydrogen-bond acceptors (Lipinski definition) is 6. The Morgan fingerprint density at radius 2 is 2.24 bits per heavy atom. The summed E-state index contributed by atoms with van der Waals surface area (Å²) in [5, 5.41) is 3.07. The van der Waals surface area contributed by atoms with E-state index in [0.29, 0.717) is 6.61 Å². The van der Waals surface area contributed by atoms with Crippen molar-refractivity contribution in [2.24, 2.45) is 5.92 Å². The third kappa shape index (κ3) is 3.85. The first kappa shape index (κ1) is 16.2. The van der Waals surface area contributed by atoms with Gasteiger partial charge >= 0.3 is 0 Å². The van der Waals surface area contributed by atoms with Crippen LogP contribution in [-0.2, 0) is 19.6 Å². The molecule has 0 fully saturated rings. The average Bonchev–Trinajstić information content (AvgIpc) is 3.23. The largest absolute Gasteiger partial charge is 0.475 e. The molecular weight excluding hydrogens is 341 g/mol. The fourth-order valence-corrected chi connectivity index (χ4v) is 3.72. The van der Waals surface area contributed by atoms with E-state index in [1.165, 1.54) is 18.0 Å². The lowest BCUT2D eigenvalue weighted by atomic mass is 10.1. The summed E-state index contributed by atoms with van der Waals surface area (Å²) in [7, 11) is 0. The molecule has 3 aromatic heterocycles. The number of imidazole rings is 1. The molecular formula is C17H18FN5OS. The van der Waals surface area contributed by atoms with Crippen LogP contribution in [-0.4, -0.2) is 37.6 Å². The van der Waals surface area contributed by atoms with E-state index >= 15 is 0 Å². The molecule has 0 saturated carbocycles. The number of ether oxygens (including phenoxy) is 1. The van der Waals surface area contributed by atoms with Gasteiger partial charge in [-0.1, -0.05) is 0 Å². The SMILES string of the molecule is Fc1cccnc1OC[C@H]1CN(Cc2nccs2)Cc2cncn2C1. The van der Waals surface area contributed by atoms with Gasteiger partial charge in [0.1, 0.15) is 5.01 Å². The molecule has 1 aliphatic rings. The second-order valence-electron chi connectivity index (χ2n) is 6.10. The van der Waals surface area contributed by atoms with Crippen molar-refractivity contribution in [2.75, 3.05) is 13.2 Å². The van der Waals surface area contributed by atoms with Crippen molar-refractivity contribution in [3.05, 3.63) is 58.9 Å². The first-order valence-corrected chi connectivity index (χ1v) is 8.99. The van der Waals surface area contributed by atoms with Crippen molar-refractivity contribution in [1.29, 1.82) is 0 Å². The highest BCUT2D eigenvalue weighted by Gasteiger charge is 2.23. The lowest BCUT2D eigenvalue weighted by Gasteiger charge is -2.23. The van der Waals surface area contributed by atoms with Crippen molar-refractivity contribution in [2.45, 2.75) is 19.6 Å². The van der Waals surface area contributed by atoms with Gasteiger partial charge in [-0.2, -0.15) is 0 Å². The molecule has 0 amide bonds. The Hall–Kier alpha value is -2.32. The number of nitrogens with zero attached hydrogens (tertiary/aromatic N) is 5. The third-order valence-corrected chi connectivity index (χ3v) is 4.94. The lowest BCUT2D eigenvalue weighted by Crippen LogP contribution is -2.30. The van der Waals surface area contributed by atoms with E-state index < -0.39 is 5.82 Å². The van der Waals surface area contributed by atoms with E-state index in [0.717, 1.165) is 31.2 Å². The molecule has 8 heteroatoms. The third-order valence-electron chi connectivity index (χ3n) is 4.18. The van der Waals surface area contributed by atoms with Gasteiger partial charge in [-0.3, -0.25) is 4.90 Å². The molecule has 130 valence electrons. The van der Waals surface area contributed by atoms with Gasteiger partial charge in [0.05, 0.1) is 25.2 Å². The van der Waals surface area contributed by atoms with Crippen LogP contribution in [0, 0.1) is 11.7 Å². The summed E-state index contributed by atoms with van der Waals surface area (Å²) >= 11 is 1.65. The molecule has 0 bridgehead atoms. The normalized spacial score (nSPS) is 17.9. The van der Waals surface area contributed by atoms with Crippen LogP contribution in [0.1, 0.15) is 10.7 Å². The maximum atomic E-state index is 13.7. The van der Waals surface area contributed by atoms with Crippen LogP contribution < -0.4 is 4.74 Å². The van der Waals surface area contributed by atoms with Gasteiger partial charge < -0.3 is 9.30 Å². The fourth-order valence-electron chi connectivity index (χ4n) is 3.06. The molecule has 4 heterocycles. The molecule has 0 saturated heterocycles. The Morgan fingerprint density at radius 3 is 3.08 bits per heavy atom. The van der Waals surface area contributed by atoms with Gasteiger partial charge in [0, 0.05) is 49.5 Å². The highest BCUT2D eigenvalue weighted by Crippen LogP contribution is 2.20. The zero-order valence-electron chi connectivity index (χ0n) is 13.6. The number of halogens is 1. The Kier molecular flexibility index (Phi) is 4.71. The number of fused-ring (bicyclic) bond motifs is 1. The van der Waals surface area contributed by atoms with Crippen LogP contribution in [0.5, 0.6) is 5.88 Å². The maximum absolute atomic E-state index is 13.7. The molecule has 1 aliphatic heterocycles. The second kappa shape index (κ2) is 7.28. The standard InChI is InChI=1S/C17H18FN5OS/c18-15-2-1-3-21-17(15)24-11-13-7-22(10-16-20-4-5-25-16)9-14-6-19-12-23(14)8-13/h1-6,12-13H,7-11H2/t13-/m0/s1. The van der Waals surface area contributed by atoms with Gasteiger partial charge in [-0.15, -0.1) is 11.3 Å². The Bertz CT molecular complexity index is 822. The number of thiazole rings is 1. The Balaban J connectivity index is 1.47. The van der Waals surface area contributed by atoms with Gasteiger partial charge in [0.2, 0.25) is 5.88 Å². The quantitative estimate of drug-likeness (QED) is 0.701. The van der Waals surface area contributed by atoms with E-state index in [1.807, 2.05) is 24.1 Å². The Labute approximate surface area is 148 Å². The summed E-state index contributed by atoms with van der Waals surface area (Å²) in [4.78, 5) is 14.9. The molecule has 3 aromatic rings. The predicted octanol–water partition coefficient (Wildman–Crippen LogP) is 2.58. The molecule has 25 heavy (non-hydrogen) atoms. The van der Waals surface area contributed by atoms with Crippen LogP contribution in [0.3, 0.4) is 0 Å². The molecule has 0 spiro atoms. The first-order valence-electron chi connectivity index (χ1n) is 8.11. The van der Waals surface area contributed by atoms with Crippen molar-refractivity contribution < 1.29 is 9.13 Å². The Morgan fingerprint density at radius 1 is 1.28 bits per heavy atom. The first-order chi connectivity index (χ1) is 12.3. The van der Waals surface area contributed by atoms with Gasteiger partial charge in [-0.05, 0) is 12.1 Å². The summed E-state index contributed by atoms with van der Waals surface area (Å²) in [6, 6.07) is 2.92. The minimum absolute atomic E-state index is 0.0593. The van der Waals surface area contributed by atoms with E-state index in [9.17, 15) is 4.39 Å². The van der Waals surface area contributed by atoms with E-state index in [-0.39, 0.29) is 11.8 Å². The summed E-state index contributed by atoms with van der Waals surface area (Å²) in [5.41, 5.74) is 1.17. The topological polar surface area (TPSA) is 56.1 Å². The smallest absolute Gasteiger partial charge is 0.250 e. The highest BCUT2D eigenvalue weighted by atomic mass is 32.1. The zero-order chi connectivity index (χ0) is 17.1. The molecule has 0 aliphatic carbocycles. The molecule has 0 N–H and O–H groups in total. The molecule has 4 rings (SSSR count). The summed E-state index contributed by atoms with van der Waals surface area (Å²) in [5.74, 6) is -0.167.